The van der Waals surface area contributed by atoms with Crippen LogP contribution in [0.4, 0.5) is 16.2 Å². The van der Waals surface area contributed by atoms with Crippen LogP contribution in [0, 0.1) is 0 Å². The topological polar surface area (TPSA) is 40.5 Å². The number of carbonyl (C=O) groups is 1. The third-order valence-electron chi connectivity index (χ3n) is 5.11. The number of para-hydroxylation sites is 1. The highest BCUT2D eigenvalue weighted by Gasteiger charge is 2.22. The highest BCUT2D eigenvalue weighted by Crippen LogP contribution is 2.26. The van der Waals surface area contributed by atoms with Crippen molar-refractivity contribution in [3.05, 3.63) is 59.8 Å². The number of amides is 2. The second kappa shape index (κ2) is 7.53. The summed E-state index contributed by atoms with van der Waals surface area (Å²) in [6.07, 6.45) is 2.02. The first-order chi connectivity index (χ1) is 13.2. The number of anilines is 2. The Hall–Kier alpha value is -2.66. The summed E-state index contributed by atoms with van der Waals surface area (Å²) in [5.74, 6) is 0. The molecule has 0 atom stereocenters. The Kier molecular flexibility index (Phi) is 4.94. The Bertz CT molecular complexity index is 960. The quantitative estimate of drug-likeness (QED) is 0.715. The molecule has 0 saturated carbocycles. The van der Waals surface area contributed by atoms with Crippen LogP contribution in [0.1, 0.15) is 6.92 Å². The number of carbonyl (C=O) groups excluding carboxylic acids is 1. The number of aromatic nitrogens is 1. The number of hydrogen-bond donors (Lipinski definition) is 1. The first-order valence-corrected chi connectivity index (χ1v) is 9.68. The molecule has 1 aliphatic rings. The van der Waals surface area contributed by atoms with Crippen LogP contribution in [0.15, 0.2) is 54.7 Å². The monoisotopic (exact) mass is 382 g/mol. The second-order valence-electron chi connectivity index (χ2n) is 6.73. The SMILES string of the molecule is CCn1cc(NC(=O)N2CCN(c3cccc(Cl)c3)CC2)c2ccccc21. The molecule has 3 aromatic rings. The van der Waals surface area contributed by atoms with Crippen molar-refractivity contribution in [3.8, 4) is 0 Å². The lowest BCUT2D eigenvalue weighted by molar-refractivity contribution is 0.208. The van der Waals surface area contributed by atoms with E-state index >= 15 is 0 Å². The number of nitrogens with zero attached hydrogens (tertiary/aromatic N) is 3. The number of hydrogen-bond acceptors (Lipinski definition) is 2. The van der Waals surface area contributed by atoms with E-state index in [9.17, 15) is 4.79 Å². The van der Waals surface area contributed by atoms with Gasteiger partial charge in [-0.15, -0.1) is 0 Å². The summed E-state index contributed by atoms with van der Waals surface area (Å²) in [5, 5.41) is 4.91. The average Bonchev–Trinajstić information content (AvgIpc) is 3.06. The third kappa shape index (κ3) is 3.60. The van der Waals surface area contributed by atoms with Crippen molar-refractivity contribution in [2.24, 2.45) is 0 Å². The average molecular weight is 383 g/mol. The van der Waals surface area contributed by atoms with Crippen molar-refractivity contribution in [3.63, 3.8) is 0 Å². The zero-order valence-corrected chi connectivity index (χ0v) is 16.1. The van der Waals surface area contributed by atoms with Crippen LogP contribution >= 0.6 is 11.6 Å². The van der Waals surface area contributed by atoms with Gasteiger partial charge in [0.1, 0.15) is 0 Å². The molecule has 2 amide bonds. The molecular weight excluding hydrogens is 360 g/mol. The van der Waals surface area contributed by atoms with Gasteiger partial charge in [0.05, 0.1) is 11.2 Å². The van der Waals surface area contributed by atoms with Gasteiger partial charge in [0.15, 0.2) is 0 Å². The Morgan fingerprint density at radius 3 is 2.59 bits per heavy atom. The van der Waals surface area contributed by atoms with Crippen LogP contribution in [-0.2, 0) is 6.54 Å². The van der Waals surface area contributed by atoms with E-state index in [1.54, 1.807) is 0 Å². The fourth-order valence-electron chi connectivity index (χ4n) is 3.64. The number of urea groups is 1. The smallest absolute Gasteiger partial charge is 0.322 e. The van der Waals surface area contributed by atoms with Gasteiger partial charge in [0.25, 0.3) is 0 Å². The maximum absolute atomic E-state index is 12.8. The lowest BCUT2D eigenvalue weighted by Crippen LogP contribution is -2.50. The van der Waals surface area contributed by atoms with Crippen LogP contribution in [0.3, 0.4) is 0 Å². The Morgan fingerprint density at radius 2 is 1.85 bits per heavy atom. The molecule has 2 aromatic carbocycles. The highest BCUT2D eigenvalue weighted by atomic mass is 35.5. The highest BCUT2D eigenvalue weighted by molar-refractivity contribution is 6.30. The summed E-state index contributed by atoms with van der Waals surface area (Å²) in [5.41, 5.74) is 3.12. The van der Waals surface area contributed by atoms with Crippen molar-refractivity contribution in [2.75, 3.05) is 36.4 Å². The normalized spacial score (nSPS) is 14.6. The molecule has 1 aliphatic heterocycles. The maximum atomic E-state index is 12.8. The van der Waals surface area contributed by atoms with E-state index in [0.717, 1.165) is 46.9 Å². The number of fused-ring (bicyclic) bond motifs is 1. The maximum Gasteiger partial charge on any atom is 0.322 e. The zero-order chi connectivity index (χ0) is 18.8. The van der Waals surface area contributed by atoms with Gasteiger partial charge in [-0.05, 0) is 31.2 Å². The number of nitrogens with one attached hydrogen (secondary N) is 1. The van der Waals surface area contributed by atoms with E-state index in [1.807, 2.05) is 47.5 Å². The molecule has 6 heteroatoms. The van der Waals surface area contributed by atoms with Crippen LogP contribution in [0.25, 0.3) is 10.9 Å². The molecule has 140 valence electrons. The predicted molar refractivity (Wildman–Crippen MR) is 112 cm³/mol. The minimum atomic E-state index is -0.0419. The van der Waals surface area contributed by atoms with Gasteiger partial charge in [0, 0.05) is 55.0 Å². The first kappa shape index (κ1) is 17.7. The van der Waals surface area contributed by atoms with Gasteiger partial charge in [-0.3, -0.25) is 0 Å². The first-order valence-electron chi connectivity index (χ1n) is 9.30. The molecule has 1 aromatic heterocycles. The second-order valence-corrected chi connectivity index (χ2v) is 7.17. The number of benzene rings is 2. The van der Waals surface area contributed by atoms with E-state index < -0.39 is 0 Å². The van der Waals surface area contributed by atoms with Crippen molar-refractivity contribution in [1.82, 2.24) is 9.47 Å². The summed E-state index contributed by atoms with van der Waals surface area (Å²) in [6.45, 7) is 5.94. The molecule has 2 heterocycles. The molecule has 0 aliphatic carbocycles. The minimum Gasteiger partial charge on any atom is -0.368 e. The zero-order valence-electron chi connectivity index (χ0n) is 15.4. The number of halogens is 1. The van der Waals surface area contributed by atoms with Gasteiger partial charge in [-0.25, -0.2) is 4.79 Å². The van der Waals surface area contributed by atoms with Crippen LogP contribution in [0.5, 0.6) is 0 Å². The third-order valence-corrected chi connectivity index (χ3v) is 5.35. The Balaban J connectivity index is 1.43. The van der Waals surface area contributed by atoms with E-state index in [1.165, 1.54) is 0 Å². The number of aryl methyl sites for hydroxylation is 1. The van der Waals surface area contributed by atoms with Gasteiger partial charge >= 0.3 is 6.03 Å². The predicted octanol–water partition coefficient (Wildman–Crippen LogP) is 4.67. The van der Waals surface area contributed by atoms with Crippen LogP contribution in [0.2, 0.25) is 5.02 Å². The molecular formula is C21H23ClN4O. The van der Waals surface area contributed by atoms with Crippen LogP contribution in [-0.4, -0.2) is 41.7 Å². The van der Waals surface area contributed by atoms with E-state index in [4.69, 9.17) is 11.6 Å². The summed E-state index contributed by atoms with van der Waals surface area (Å²) in [4.78, 5) is 16.9. The van der Waals surface area contributed by atoms with E-state index in [2.05, 4.69) is 33.8 Å². The van der Waals surface area contributed by atoms with E-state index in [0.29, 0.717) is 13.1 Å². The fourth-order valence-corrected chi connectivity index (χ4v) is 3.83. The van der Waals surface area contributed by atoms with Gasteiger partial charge in [-0.1, -0.05) is 35.9 Å². The molecule has 5 nitrogen and oxygen atoms in total. The summed E-state index contributed by atoms with van der Waals surface area (Å²) < 4.78 is 2.15. The molecule has 27 heavy (non-hydrogen) atoms. The van der Waals surface area contributed by atoms with Crippen LogP contribution < -0.4 is 10.2 Å². The standard InChI is InChI=1S/C21H23ClN4O/c1-2-24-15-19(18-8-3-4-9-20(18)24)23-21(27)26-12-10-25(11-13-26)17-7-5-6-16(22)14-17/h3-9,14-15H,2,10-13H2,1H3,(H,23,27). The van der Waals surface area contributed by atoms with Crippen molar-refractivity contribution in [1.29, 1.82) is 0 Å². The van der Waals surface area contributed by atoms with Gasteiger partial charge in [-0.2, -0.15) is 0 Å². The summed E-state index contributed by atoms with van der Waals surface area (Å²) in [7, 11) is 0. The Labute approximate surface area is 164 Å². The molecule has 4 rings (SSSR count). The number of piperazine rings is 1. The largest absolute Gasteiger partial charge is 0.368 e. The van der Waals surface area contributed by atoms with Crippen molar-refractivity contribution >= 4 is 39.9 Å². The minimum absolute atomic E-state index is 0.0419. The van der Waals surface area contributed by atoms with Crippen molar-refractivity contribution < 1.29 is 4.79 Å². The Morgan fingerprint density at radius 1 is 1.07 bits per heavy atom. The lowest BCUT2D eigenvalue weighted by Gasteiger charge is -2.36. The summed E-state index contributed by atoms with van der Waals surface area (Å²) >= 11 is 6.09. The van der Waals surface area contributed by atoms with Crippen molar-refractivity contribution in [2.45, 2.75) is 13.5 Å². The molecule has 0 spiro atoms. The molecule has 0 unspecified atom stereocenters. The lowest BCUT2D eigenvalue weighted by atomic mass is 10.2. The molecule has 1 N–H and O–H groups in total. The number of rotatable bonds is 3. The van der Waals surface area contributed by atoms with Gasteiger partial charge in [0.2, 0.25) is 0 Å². The molecule has 0 bridgehead atoms. The fraction of sp³-hybridized carbons (Fsp3) is 0.286. The summed E-state index contributed by atoms with van der Waals surface area (Å²) in [6, 6.07) is 16.0. The van der Waals surface area contributed by atoms with E-state index in [-0.39, 0.29) is 6.03 Å². The van der Waals surface area contributed by atoms with Gasteiger partial charge < -0.3 is 19.7 Å². The molecule has 0 radical (unpaired) electrons. The molecule has 1 saturated heterocycles. The molecule has 1 fully saturated rings.